The van der Waals surface area contributed by atoms with Crippen LogP contribution in [-0.2, 0) is 0 Å². The largest absolute Gasteiger partial charge is 0.349 e. The van der Waals surface area contributed by atoms with Crippen molar-refractivity contribution in [1.29, 1.82) is 5.26 Å². The molecule has 0 aliphatic heterocycles. The lowest BCUT2D eigenvalue weighted by Gasteiger charge is -2.17. The van der Waals surface area contributed by atoms with Gasteiger partial charge in [0.2, 0.25) is 0 Å². The lowest BCUT2D eigenvalue weighted by atomic mass is 9.99. The second-order valence-electron chi connectivity index (χ2n) is 4.98. The van der Waals surface area contributed by atoms with Crippen LogP contribution in [0.1, 0.15) is 49.5 Å². The average molecular weight is 244 g/mol. The minimum Gasteiger partial charge on any atom is -0.349 e. The van der Waals surface area contributed by atoms with Crippen molar-refractivity contribution in [2.24, 2.45) is 5.92 Å². The van der Waals surface area contributed by atoms with Gasteiger partial charge in [-0.3, -0.25) is 4.79 Å². The first-order valence-electron chi connectivity index (χ1n) is 6.26. The van der Waals surface area contributed by atoms with Gasteiger partial charge in [0.25, 0.3) is 5.91 Å². The molecule has 0 aromatic heterocycles. The molecule has 96 valence electrons. The van der Waals surface area contributed by atoms with Crippen molar-refractivity contribution >= 4 is 5.91 Å². The number of amides is 1. The number of benzene rings is 1. The molecular formula is C15H20N2O. The Hall–Kier alpha value is -1.82. The number of nitriles is 1. The molecule has 0 fully saturated rings. The van der Waals surface area contributed by atoms with Crippen LogP contribution in [0.4, 0.5) is 0 Å². The van der Waals surface area contributed by atoms with Gasteiger partial charge in [-0.15, -0.1) is 0 Å². The number of hydrogen-bond acceptors (Lipinski definition) is 2. The first-order chi connectivity index (χ1) is 8.45. The summed E-state index contributed by atoms with van der Waals surface area (Å²) < 4.78 is 0. The zero-order valence-electron chi connectivity index (χ0n) is 11.4. The Bertz CT molecular complexity index is 460. The quantitative estimate of drug-likeness (QED) is 0.884. The predicted octanol–water partition coefficient (Wildman–Crippen LogP) is 3.09. The summed E-state index contributed by atoms with van der Waals surface area (Å²) in [6.07, 6.45) is 0. The summed E-state index contributed by atoms with van der Waals surface area (Å²) in [6, 6.07) is 9.56. The van der Waals surface area contributed by atoms with E-state index in [9.17, 15) is 4.79 Å². The van der Waals surface area contributed by atoms with Gasteiger partial charge < -0.3 is 5.32 Å². The van der Waals surface area contributed by atoms with E-state index in [4.69, 9.17) is 5.26 Å². The number of carbonyl (C=O) groups is 1. The normalized spacial score (nSPS) is 13.8. The first-order valence-corrected chi connectivity index (χ1v) is 6.26. The molecule has 0 radical (unpaired) electrons. The Morgan fingerprint density at radius 3 is 2.50 bits per heavy atom. The zero-order chi connectivity index (χ0) is 13.7. The zero-order valence-corrected chi connectivity index (χ0v) is 11.4. The van der Waals surface area contributed by atoms with E-state index in [0.29, 0.717) is 11.5 Å². The maximum absolute atomic E-state index is 12.0. The van der Waals surface area contributed by atoms with Crippen molar-refractivity contribution in [1.82, 2.24) is 5.32 Å². The van der Waals surface area contributed by atoms with E-state index < -0.39 is 0 Å². The number of carbonyl (C=O) groups excluding carboxylic acids is 1. The van der Waals surface area contributed by atoms with Crippen LogP contribution in [0.15, 0.2) is 24.3 Å². The lowest BCUT2D eigenvalue weighted by Crippen LogP contribution is -2.36. The average Bonchev–Trinajstić information content (AvgIpc) is 2.37. The van der Waals surface area contributed by atoms with Gasteiger partial charge in [0.05, 0.1) is 12.0 Å². The van der Waals surface area contributed by atoms with Crippen LogP contribution in [0.25, 0.3) is 0 Å². The van der Waals surface area contributed by atoms with E-state index in [1.165, 1.54) is 0 Å². The summed E-state index contributed by atoms with van der Waals surface area (Å²) in [4.78, 5) is 12.0. The van der Waals surface area contributed by atoms with Crippen LogP contribution in [0.3, 0.4) is 0 Å². The van der Waals surface area contributed by atoms with Gasteiger partial charge in [-0.25, -0.2) is 0 Å². The molecule has 0 saturated heterocycles. The second kappa shape index (κ2) is 6.20. The molecule has 18 heavy (non-hydrogen) atoms. The Kier molecular flexibility index (Phi) is 4.91. The van der Waals surface area contributed by atoms with Crippen LogP contribution in [0.2, 0.25) is 0 Å². The molecule has 0 spiro atoms. The van der Waals surface area contributed by atoms with Crippen LogP contribution in [0, 0.1) is 17.2 Å². The molecular weight excluding hydrogens is 224 g/mol. The smallest absolute Gasteiger partial charge is 0.251 e. The van der Waals surface area contributed by atoms with Crippen LogP contribution in [0.5, 0.6) is 0 Å². The third kappa shape index (κ3) is 3.59. The molecule has 2 unspecified atom stereocenters. The summed E-state index contributed by atoms with van der Waals surface area (Å²) >= 11 is 0. The van der Waals surface area contributed by atoms with E-state index >= 15 is 0 Å². The third-order valence-electron chi connectivity index (χ3n) is 3.20. The first kappa shape index (κ1) is 14.2. The summed E-state index contributed by atoms with van der Waals surface area (Å²) in [5.41, 5.74) is 1.49. The Morgan fingerprint density at radius 1 is 1.28 bits per heavy atom. The van der Waals surface area contributed by atoms with E-state index in [1.807, 2.05) is 26.0 Å². The van der Waals surface area contributed by atoms with E-state index in [0.717, 1.165) is 5.56 Å². The van der Waals surface area contributed by atoms with E-state index in [-0.39, 0.29) is 17.9 Å². The summed E-state index contributed by atoms with van der Waals surface area (Å²) in [5.74, 6) is 0.124. The van der Waals surface area contributed by atoms with Crippen molar-refractivity contribution in [3.05, 3.63) is 35.4 Å². The highest BCUT2D eigenvalue weighted by molar-refractivity contribution is 5.94. The summed E-state index contributed by atoms with van der Waals surface area (Å²) in [7, 11) is 0. The van der Waals surface area contributed by atoms with Crippen molar-refractivity contribution in [3.8, 4) is 6.07 Å². The summed E-state index contributed by atoms with van der Waals surface area (Å²) in [5, 5.41) is 11.8. The van der Waals surface area contributed by atoms with Crippen LogP contribution in [-0.4, -0.2) is 11.9 Å². The Balaban J connectivity index is 2.84. The molecule has 0 aliphatic rings. The van der Waals surface area contributed by atoms with Gasteiger partial charge in [0.1, 0.15) is 0 Å². The van der Waals surface area contributed by atoms with Gasteiger partial charge in [0, 0.05) is 11.6 Å². The van der Waals surface area contributed by atoms with Gasteiger partial charge in [0.15, 0.2) is 0 Å². The SMILES string of the molecule is CC(C#N)c1cccc(C(=O)NC(C)C(C)C)c1. The maximum Gasteiger partial charge on any atom is 0.251 e. The van der Waals surface area contributed by atoms with Gasteiger partial charge in [-0.2, -0.15) is 5.26 Å². The van der Waals surface area contributed by atoms with Gasteiger partial charge in [-0.05, 0) is 37.5 Å². The van der Waals surface area contributed by atoms with Gasteiger partial charge in [-0.1, -0.05) is 26.0 Å². The highest BCUT2D eigenvalue weighted by Crippen LogP contribution is 2.15. The summed E-state index contributed by atoms with van der Waals surface area (Å²) in [6.45, 7) is 7.95. The second-order valence-corrected chi connectivity index (χ2v) is 4.98. The topological polar surface area (TPSA) is 52.9 Å². The molecule has 0 saturated carbocycles. The molecule has 0 heterocycles. The predicted molar refractivity (Wildman–Crippen MR) is 72.2 cm³/mol. The molecule has 1 rings (SSSR count). The van der Waals surface area contributed by atoms with E-state index in [1.54, 1.807) is 12.1 Å². The molecule has 0 bridgehead atoms. The molecule has 3 nitrogen and oxygen atoms in total. The third-order valence-corrected chi connectivity index (χ3v) is 3.20. The fourth-order valence-electron chi connectivity index (χ4n) is 1.48. The maximum atomic E-state index is 12.0. The van der Waals surface area contributed by atoms with Gasteiger partial charge >= 0.3 is 0 Å². The van der Waals surface area contributed by atoms with E-state index in [2.05, 4.69) is 25.2 Å². The highest BCUT2D eigenvalue weighted by Gasteiger charge is 2.13. The standard InChI is InChI=1S/C15H20N2O/c1-10(2)12(4)17-15(18)14-7-5-6-13(8-14)11(3)9-16/h5-8,10-12H,1-4H3,(H,17,18). The van der Waals surface area contributed by atoms with Crippen molar-refractivity contribution in [2.45, 2.75) is 39.7 Å². The van der Waals surface area contributed by atoms with Crippen LogP contribution >= 0.6 is 0 Å². The lowest BCUT2D eigenvalue weighted by molar-refractivity contribution is 0.0930. The molecule has 1 amide bonds. The monoisotopic (exact) mass is 244 g/mol. The van der Waals surface area contributed by atoms with Crippen LogP contribution < -0.4 is 5.32 Å². The molecule has 1 aromatic rings. The van der Waals surface area contributed by atoms with Crippen molar-refractivity contribution < 1.29 is 4.79 Å². The molecule has 2 atom stereocenters. The fraction of sp³-hybridized carbons (Fsp3) is 0.467. The fourth-order valence-corrected chi connectivity index (χ4v) is 1.48. The number of nitrogens with zero attached hydrogens (tertiary/aromatic N) is 1. The minimum atomic E-state index is -0.194. The molecule has 3 heteroatoms. The molecule has 0 aliphatic carbocycles. The van der Waals surface area contributed by atoms with Crippen molar-refractivity contribution in [2.75, 3.05) is 0 Å². The molecule has 1 aromatic carbocycles. The number of hydrogen-bond donors (Lipinski definition) is 1. The van der Waals surface area contributed by atoms with Crippen molar-refractivity contribution in [3.63, 3.8) is 0 Å². The minimum absolute atomic E-state index is 0.0804. The number of nitrogens with one attached hydrogen (secondary N) is 1. The number of rotatable bonds is 4. The highest BCUT2D eigenvalue weighted by atomic mass is 16.1. The Morgan fingerprint density at radius 2 is 1.94 bits per heavy atom. The molecule has 1 N–H and O–H groups in total. The Labute approximate surface area is 109 Å².